The molecule has 1 aromatic heterocycles. The van der Waals surface area contributed by atoms with Gasteiger partial charge in [0, 0.05) is 23.9 Å². The minimum atomic E-state index is -3.91. The van der Waals surface area contributed by atoms with Gasteiger partial charge in [0.05, 0.1) is 26.0 Å². The summed E-state index contributed by atoms with van der Waals surface area (Å²) < 4.78 is 45.1. The van der Waals surface area contributed by atoms with Gasteiger partial charge in [0.15, 0.2) is 11.5 Å². The summed E-state index contributed by atoms with van der Waals surface area (Å²) in [6.07, 6.45) is 6.20. The summed E-state index contributed by atoms with van der Waals surface area (Å²) >= 11 is 0. The Hall–Kier alpha value is -4.60. The molecule has 15 nitrogen and oxygen atoms in total. The van der Waals surface area contributed by atoms with Gasteiger partial charge in [-0.1, -0.05) is 26.0 Å². The number of hydrogen-bond donors (Lipinski definition) is 4. The normalized spacial score (nSPS) is 29.8. The predicted octanol–water partition coefficient (Wildman–Crippen LogP) is 2.73. The van der Waals surface area contributed by atoms with Gasteiger partial charge in [0.25, 0.3) is 5.91 Å². The zero-order chi connectivity index (χ0) is 36.7. The third-order valence-corrected chi connectivity index (χ3v) is 12.2. The van der Waals surface area contributed by atoms with Crippen LogP contribution in [0, 0.1) is 17.8 Å². The van der Waals surface area contributed by atoms with Crippen LogP contribution in [-0.2, 0) is 24.4 Å². The van der Waals surface area contributed by atoms with E-state index in [0.29, 0.717) is 42.6 Å². The van der Waals surface area contributed by atoms with Crippen LogP contribution in [0.2, 0.25) is 0 Å². The van der Waals surface area contributed by atoms with Crippen LogP contribution < -0.4 is 29.6 Å². The number of rotatable bonds is 8. The number of hydrogen-bond acceptors (Lipinski definition) is 10. The molecule has 6 rings (SSSR count). The smallest absolute Gasteiger partial charge is 0.405 e. The average Bonchev–Trinajstić information content (AvgIpc) is 4.01. The molecule has 2 aliphatic carbocycles. The minimum Gasteiger partial charge on any atom is -0.493 e. The van der Waals surface area contributed by atoms with Gasteiger partial charge in [-0.2, -0.15) is 0 Å². The first-order valence-electron chi connectivity index (χ1n) is 17.3. The molecule has 0 bridgehead atoms. The predicted molar refractivity (Wildman–Crippen MR) is 185 cm³/mol. The molecule has 4 amide bonds. The van der Waals surface area contributed by atoms with Crippen molar-refractivity contribution in [2.24, 2.45) is 17.8 Å². The quantitative estimate of drug-likeness (QED) is 0.291. The molecule has 3 heterocycles. The Morgan fingerprint density at radius 1 is 1.08 bits per heavy atom. The highest BCUT2D eigenvalue weighted by Gasteiger charge is 2.62. The van der Waals surface area contributed by atoms with Crippen LogP contribution in [0.1, 0.15) is 58.8 Å². The van der Waals surface area contributed by atoms with Crippen molar-refractivity contribution < 1.29 is 46.9 Å². The number of fused-ring (bicyclic) bond motifs is 3. The molecule has 51 heavy (non-hydrogen) atoms. The van der Waals surface area contributed by atoms with Crippen LogP contribution in [0.3, 0.4) is 0 Å². The lowest BCUT2D eigenvalue weighted by atomic mass is 9.88. The second-order valence-electron chi connectivity index (χ2n) is 14.2. The summed E-state index contributed by atoms with van der Waals surface area (Å²) in [7, 11) is -0.877. The standard InChI is InChI=1S/C35H45N5O10S/c1-19-7-5-6-8-22-17-35(22,33(43)39-51(46,47)24-9-10-24)38-30(41)26-15-23(18-40(26)32(42)29(20(2)13-19)37-34(44)45)50-31-25-16-28(49-4)27(48-3)14-21(25)11-12-36-31/h6,8,11-12,14,16,19-20,22-24,26,29,37H,5,7,9-10,13,15,17-18H2,1-4H3,(H,38,41)(H,39,43)(H,44,45)/t19-,20-,22-,23-,26+,29+,35-/m1/s1. The molecule has 7 atom stereocenters. The Morgan fingerprint density at radius 3 is 2.49 bits per heavy atom. The van der Waals surface area contributed by atoms with Crippen LogP contribution >= 0.6 is 0 Å². The third-order valence-electron chi connectivity index (χ3n) is 10.4. The van der Waals surface area contributed by atoms with E-state index in [4.69, 9.17) is 14.2 Å². The zero-order valence-corrected chi connectivity index (χ0v) is 29.9. The van der Waals surface area contributed by atoms with Gasteiger partial charge >= 0.3 is 6.09 Å². The van der Waals surface area contributed by atoms with Gasteiger partial charge < -0.3 is 34.9 Å². The minimum absolute atomic E-state index is 0.00785. The highest BCUT2D eigenvalue weighted by atomic mass is 32.2. The number of amides is 4. The Kier molecular flexibility index (Phi) is 10.1. The number of nitrogens with zero attached hydrogens (tertiary/aromatic N) is 2. The van der Waals surface area contributed by atoms with Crippen molar-refractivity contribution in [3.63, 3.8) is 0 Å². The summed E-state index contributed by atoms with van der Waals surface area (Å²) in [5.41, 5.74) is -1.53. The maximum Gasteiger partial charge on any atom is 0.405 e. The molecule has 2 aromatic rings. The number of carboxylic acid groups (broad SMARTS) is 1. The Labute approximate surface area is 296 Å². The Bertz CT molecular complexity index is 1850. The van der Waals surface area contributed by atoms with E-state index >= 15 is 0 Å². The molecule has 2 saturated carbocycles. The van der Waals surface area contributed by atoms with Crippen molar-refractivity contribution in [1.82, 2.24) is 25.2 Å². The van der Waals surface area contributed by atoms with Crippen LogP contribution in [0.4, 0.5) is 4.79 Å². The molecule has 3 fully saturated rings. The van der Waals surface area contributed by atoms with E-state index in [9.17, 15) is 32.7 Å². The first-order chi connectivity index (χ1) is 24.3. The van der Waals surface area contributed by atoms with Crippen molar-refractivity contribution in [2.45, 2.75) is 87.8 Å². The first-order valence-corrected chi connectivity index (χ1v) is 18.8. The van der Waals surface area contributed by atoms with Gasteiger partial charge in [-0.25, -0.2) is 18.2 Å². The molecule has 4 N–H and O–H groups in total. The first kappa shape index (κ1) is 36.2. The molecule has 0 radical (unpaired) electrons. The van der Waals surface area contributed by atoms with Gasteiger partial charge in [-0.05, 0) is 73.9 Å². The van der Waals surface area contributed by atoms with Gasteiger partial charge in [0.2, 0.25) is 27.7 Å². The number of sulfonamides is 1. The van der Waals surface area contributed by atoms with Crippen LogP contribution in [0.5, 0.6) is 17.4 Å². The van der Waals surface area contributed by atoms with Crippen molar-refractivity contribution in [3.05, 3.63) is 36.5 Å². The highest BCUT2D eigenvalue weighted by molar-refractivity contribution is 7.91. The fourth-order valence-electron chi connectivity index (χ4n) is 7.36. The maximum atomic E-state index is 14.3. The van der Waals surface area contributed by atoms with Crippen molar-refractivity contribution in [1.29, 1.82) is 0 Å². The highest BCUT2D eigenvalue weighted by Crippen LogP contribution is 2.46. The lowest BCUT2D eigenvalue weighted by molar-refractivity contribution is -0.142. The van der Waals surface area contributed by atoms with Crippen molar-refractivity contribution in [3.8, 4) is 17.4 Å². The summed E-state index contributed by atoms with van der Waals surface area (Å²) in [4.78, 5) is 60.0. The molecule has 4 aliphatic rings. The maximum absolute atomic E-state index is 14.3. The number of ether oxygens (including phenoxy) is 3. The van der Waals surface area contributed by atoms with Crippen LogP contribution in [0.15, 0.2) is 36.5 Å². The summed E-state index contributed by atoms with van der Waals surface area (Å²) in [5, 5.41) is 15.7. The lowest BCUT2D eigenvalue weighted by Gasteiger charge is -2.32. The number of nitrogens with one attached hydrogen (secondary N) is 3. The van der Waals surface area contributed by atoms with E-state index in [1.807, 2.05) is 19.1 Å². The number of methoxy groups -OCH3 is 2. The van der Waals surface area contributed by atoms with Gasteiger partial charge in [-0.3, -0.25) is 19.1 Å². The molecular weight excluding hydrogens is 682 g/mol. The van der Waals surface area contributed by atoms with Crippen molar-refractivity contribution >= 4 is 44.6 Å². The topological polar surface area (TPSA) is 203 Å². The molecule has 276 valence electrons. The largest absolute Gasteiger partial charge is 0.493 e. The third kappa shape index (κ3) is 7.55. The number of carbonyl (C=O) groups is 4. The monoisotopic (exact) mass is 727 g/mol. The Balaban J connectivity index is 1.34. The van der Waals surface area contributed by atoms with E-state index in [-0.39, 0.29) is 31.2 Å². The molecule has 16 heteroatoms. The number of benzene rings is 1. The van der Waals surface area contributed by atoms with Crippen LogP contribution in [-0.4, -0.2) is 97.0 Å². The van der Waals surface area contributed by atoms with Gasteiger partial charge in [-0.15, -0.1) is 0 Å². The van der Waals surface area contributed by atoms with E-state index in [1.54, 1.807) is 31.3 Å². The molecule has 2 aliphatic heterocycles. The number of allylic oxidation sites excluding steroid dienone is 1. The van der Waals surface area contributed by atoms with Crippen molar-refractivity contribution in [2.75, 3.05) is 20.8 Å². The summed E-state index contributed by atoms with van der Waals surface area (Å²) in [6.45, 7) is 3.75. The number of aromatic nitrogens is 1. The van der Waals surface area contributed by atoms with Gasteiger partial charge in [0.1, 0.15) is 23.7 Å². The average molecular weight is 728 g/mol. The molecule has 1 saturated heterocycles. The number of pyridine rings is 1. The second-order valence-corrected chi connectivity index (χ2v) is 16.2. The summed E-state index contributed by atoms with van der Waals surface area (Å²) in [6, 6.07) is 2.93. The molecule has 0 spiro atoms. The second kappa shape index (κ2) is 14.2. The molecular formula is C35H45N5O10S. The zero-order valence-electron chi connectivity index (χ0n) is 29.1. The summed E-state index contributed by atoms with van der Waals surface area (Å²) in [5.74, 6) is -1.66. The SMILES string of the molecule is COc1cc2ccnc(O[C@@H]3C[C@H]4C(=O)N[C@]5(C(=O)NS(=O)(=O)C6CC6)C[C@H]5C=CCC[C@@H](C)C[C@@H](C)[C@H](NC(=O)O)C(=O)N4C3)c2cc1OC. The Morgan fingerprint density at radius 2 is 1.80 bits per heavy atom. The molecule has 0 unspecified atom stereocenters. The van der Waals surface area contributed by atoms with E-state index in [0.717, 1.165) is 11.8 Å². The number of carbonyl (C=O) groups excluding carboxylic acids is 3. The van der Waals surface area contributed by atoms with E-state index in [2.05, 4.69) is 20.3 Å². The molecule has 1 aromatic carbocycles. The lowest BCUT2D eigenvalue weighted by Crippen LogP contribution is -2.59. The van der Waals surface area contributed by atoms with E-state index in [1.165, 1.54) is 19.1 Å². The van der Waals surface area contributed by atoms with E-state index < -0.39 is 74.7 Å². The fraction of sp³-hybridized carbons (Fsp3) is 0.571. The van der Waals surface area contributed by atoms with Crippen LogP contribution in [0.25, 0.3) is 10.8 Å². The fourth-order valence-corrected chi connectivity index (χ4v) is 8.72.